The molecule has 64 valence electrons. The van der Waals surface area contributed by atoms with E-state index in [1.165, 1.54) is 6.07 Å². The van der Waals surface area contributed by atoms with Crippen molar-refractivity contribution in [3.05, 3.63) is 32.3 Å². The van der Waals surface area contributed by atoms with Crippen LogP contribution in [0.4, 0.5) is 5.69 Å². The van der Waals surface area contributed by atoms with Gasteiger partial charge in [-0.25, -0.2) is 0 Å². The molecule has 0 aliphatic heterocycles. The van der Waals surface area contributed by atoms with Gasteiger partial charge in [0.15, 0.2) is 0 Å². The molecule has 0 radical (unpaired) electrons. The Bertz CT molecular complexity index is 340. The molecule has 1 aromatic carbocycles. The maximum atomic E-state index is 10.4. The van der Waals surface area contributed by atoms with Gasteiger partial charge in [0, 0.05) is 21.0 Å². The molecule has 0 N–H and O–H groups in total. The van der Waals surface area contributed by atoms with Crippen LogP contribution in [-0.4, -0.2) is 4.92 Å². The topological polar surface area (TPSA) is 43.1 Å². The predicted octanol–water partition coefficient (Wildman–Crippen LogP) is 2.95. The van der Waals surface area contributed by atoms with Crippen molar-refractivity contribution in [1.82, 2.24) is 0 Å². The highest BCUT2D eigenvalue weighted by atomic mass is 79.9. The molecule has 1 aromatic rings. The fourth-order valence-electron chi connectivity index (χ4n) is 0.854. The lowest BCUT2D eigenvalue weighted by Crippen LogP contribution is -1.92. The van der Waals surface area contributed by atoms with Gasteiger partial charge in [0.2, 0.25) is 0 Å². The summed E-state index contributed by atoms with van der Waals surface area (Å²) in [5, 5.41) is 10.4. The first-order valence-electron chi connectivity index (χ1n) is 3.16. The second kappa shape index (κ2) is 3.45. The van der Waals surface area contributed by atoms with Crippen LogP contribution in [0.3, 0.4) is 0 Å². The van der Waals surface area contributed by atoms with E-state index in [1.54, 1.807) is 13.0 Å². The lowest BCUT2D eigenvalue weighted by Gasteiger charge is -2.01. The third-order valence-corrected chi connectivity index (χ3v) is 3.09. The van der Waals surface area contributed by atoms with Crippen LogP contribution in [-0.2, 0) is 0 Å². The molecule has 5 heteroatoms. The Hall–Kier alpha value is -0.550. The molecule has 0 unspecified atom stereocenters. The zero-order chi connectivity index (χ0) is 9.30. The molecule has 0 heterocycles. The summed E-state index contributed by atoms with van der Waals surface area (Å²) in [4.78, 5) is 10.6. The van der Waals surface area contributed by atoms with Gasteiger partial charge in [-0.2, -0.15) is 0 Å². The molecule has 0 fully saturated rings. The van der Waals surface area contributed by atoms with Crippen LogP contribution in [0.15, 0.2) is 21.5 Å². The average molecular weight is 248 g/mol. The summed E-state index contributed by atoms with van der Waals surface area (Å²) in [6.07, 6.45) is 0. The van der Waals surface area contributed by atoms with E-state index in [0.717, 1.165) is 4.47 Å². The Morgan fingerprint density at radius 2 is 2.17 bits per heavy atom. The largest absolute Gasteiger partial charge is 0.273 e. The molecule has 0 aliphatic carbocycles. The summed E-state index contributed by atoms with van der Waals surface area (Å²) < 4.78 is 0.772. The van der Waals surface area contributed by atoms with Gasteiger partial charge in [0.05, 0.1) is 4.92 Å². The van der Waals surface area contributed by atoms with E-state index in [-0.39, 0.29) is 5.69 Å². The standard InChI is InChI=1S/C7H6BrNO2S/c1-4-6(9(10)11)3-2-5(8)7(4)12/h2-3,12H,1H3. The second-order valence-corrected chi connectivity index (χ2v) is 3.60. The van der Waals surface area contributed by atoms with Crippen LogP contribution in [0.2, 0.25) is 0 Å². The molecule has 3 nitrogen and oxygen atoms in total. The van der Waals surface area contributed by atoms with E-state index in [9.17, 15) is 10.1 Å². The van der Waals surface area contributed by atoms with Crippen molar-refractivity contribution >= 4 is 34.2 Å². The highest BCUT2D eigenvalue weighted by molar-refractivity contribution is 9.10. The molecule has 1 rings (SSSR count). The number of nitrogens with zero attached hydrogens (tertiary/aromatic N) is 1. The van der Waals surface area contributed by atoms with Crippen molar-refractivity contribution in [1.29, 1.82) is 0 Å². The summed E-state index contributed by atoms with van der Waals surface area (Å²) in [6, 6.07) is 3.08. The first kappa shape index (κ1) is 9.54. The molecule has 0 atom stereocenters. The minimum atomic E-state index is -0.415. The third-order valence-electron chi connectivity index (χ3n) is 1.55. The summed E-state index contributed by atoms with van der Waals surface area (Å²) >= 11 is 7.35. The molecule has 0 saturated carbocycles. The van der Waals surface area contributed by atoms with Crippen molar-refractivity contribution in [2.45, 2.75) is 11.8 Å². The summed E-state index contributed by atoms with van der Waals surface area (Å²) in [6.45, 7) is 1.67. The molecular formula is C7H6BrNO2S. The summed E-state index contributed by atoms with van der Waals surface area (Å²) in [5.74, 6) is 0. The number of hydrogen-bond donors (Lipinski definition) is 1. The van der Waals surface area contributed by atoms with Crippen molar-refractivity contribution in [2.24, 2.45) is 0 Å². The van der Waals surface area contributed by atoms with Gasteiger partial charge >= 0.3 is 0 Å². The number of rotatable bonds is 1. The van der Waals surface area contributed by atoms with E-state index < -0.39 is 4.92 Å². The van der Waals surface area contributed by atoms with Gasteiger partial charge in [-0.05, 0) is 28.9 Å². The number of thiol groups is 1. The third kappa shape index (κ3) is 1.61. The minimum Gasteiger partial charge on any atom is -0.258 e. The lowest BCUT2D eigenvalue weighted by atomic mass is 10.2. The molecule has 0 bridgehead atoms. The molecular weight excluding hydrogens is 242 g/mol. The smallest absolute Gasteiger partial charge is 0.258 e. The number of benzene rings is 1. The molecule has 0 amide bonds. The van der Waals surface area contributed by atoms with Gasteiger partial charge in [-0.1, -0.05) is 0 Å². The number of nitro groups is 1. The lowest BCUT2D eigenvalue weighted by molar-refractivity contribution is -0.385. The van der Waals surface area contributed by atoms with Crippen LogP contribution in [0.25, 0.3) is 0 Å². The number of nitro benzene ring substituents is 1. The Morgan fingerprint density at radius 3 is 2.67 bits per heavy atom. The Kier molecular flexibility index (Phi) is 2.74. The van der Waals surface area contributed by atoms with Gasteiger partial charge in [-0.3, -0.25) is 10.1 Å². The maximum Gasteiger partial charge on any atom is 0.273 e. The second-order valence-electron chi connectivity index (χ2n) is 2.30. The van der Waals surface area contributed by atoms with E-state index in [4.69, 9.17) is 0 Å². The van der Waals surface area contributed by atoms with Crippen molar-refractivity contribution in [2.75, 3.05) is 0 Å². The minimum absolute atomic E-state index is 0.100. The monoisotopic (exact) mass is 247 g/mol. The van der Waals surface area contributed by atoms with E-state index in [0.29, 0.717) is 10.5 Å². The maximum absolute atomic E-state index is 10.4. The van der Waals surface area contributed by atoms with E-state index in [2.05, 4.69) is 28.6 Å². The Morgan fingerprint density at radius 1 is 1.58 bits per heavy atom. The van der Waals surface area contributed by atoms with E-state index in [1.807, 2.05) is 0 Å². The molecule has 0 saturated heterocycles. The zero-order valence-electron chi connectivity index (χ0n) is 6.24. The Labute approximate surface area is 83.5 Å². The van der Waals surface area contributed by atoms with Crippen LogP contribution >= 0.6 is 28.6 Å². The highest BCUT2D eigenvalue weighted by Crippen LogP contribution is 2.30. The van der Waals surface area contributed by atoms with Crippen LogP contribution < -0.4 is 0 Å². The zero-order valence-corrected chi connectivity index (χ0v) is 8.72. The van der Waals surface area contributed by atoms with Crippen molar-refractivity contribution in [3.8, 4) is 0 Å². The first-order valence-corrected chi connectivity index (χ1v) is 4.40. The first-order chi connectivity index (χ1) is 5.54. The van der Waals surface area contributed by atoms with Crippen molar-refractivity contribution in [3.63, 3.8) is 0 Å². The summed E-state index contributed by atoms with van der Waals surface area (Å²) in [5.41, 5.74) is 0.681. The van der Waals surface area contributed by atoms with Gasteiger partial charge in [0.1, 0.15) is 0 Å². The molecule has 0 spiro atoms. The summed E-state index contributed by atoms with van der Waals surface area (Å²) in [7, 11) is 0. The van der Waals surface area contributed by atoms with Crippen molar-refractivity contribution < 1.29 is 4.92 Å². The fourth-order valence-corrected chi connectivity index (χ4v) is 1.47. The van der Waals surface area contributed by atoms with E-state index >= 15 is 0 Å². The van der Waals surface area contributed by atoms with Gasteiger partial charge in [0.25, 0.3) is 5.69 Å². The van der Waals surface area contributed by atoms with Gasteiger partial charge < -0.3 is 0 Å². The highest BCUT2D eigenvalue weighted by Gasteiger charge is 2.13. The normalized spacial score (nSPS) is 9.92. The van der Waals surface area contributed by atoms with Crippen LogP contribution in [0, 0.1) is 17.0 Å². The number of hydrogen-bond acceptors (Lipinski definition) is 3. The predicted molar refractivity (Wildman–Crippen MR) is 52.8 cm³/mol. The Balaban J connectivity index is 3.36. The quantitative estimate of drug-likeness (QED) is 0.471. The average Bonchev–Trinajstić information content (AvgIpc) is 2.00. The van der Waals surface area contributed by atoms with Crippen LogP contribution in [0.1, 0.15) is 5.56 Å². The SMILES string of the molecule is Cc1c([N+](=O)[O-])ccc(Br)c1S. The van der Waals surface area contributed by atoms with Crippen LogP contribution in [0.5, 0.6) is 0 Å². The fraction of sp³-hybridized carbons (Fsp3) is 0.143. The number of halogens is 1. The molecule has 0 aliphatic rings. The molecule has 0 aromatic heterocycles. The van der Waals surface area contributed by atoms with Gasteiger partial charge in [-0.15, -0.1) is 12.6 Å². The molecule has 12 heavy (non-hydrogen) atoms.